The molecule has 0 radical (unpaired) electrons. The molecule has 0 saturated heterocycles. The molecule has 0 atom stereocenters. The lowest BCUT2D eigenvalue weighted by atomic mass is 10.2. The van der Waals surface area contributed by atoms with E-state index in [9.17, 15) is 23.3 Å². The number of benzene rings is 3. The Morgan fingerprint density at radius 2 is 1.71 bits per heavy atom. The van der Waals surface area contributed by atoms with Crippen LogP contribution in [-0.2, 0) is 14.8 Å². The Bertz CT molecular complexity index is 1220. The summed E-state index contributed by atoms with van der Waals surface area (Å²) in [5.74, 6) is -0.623. The van der Waals surface area contributed by atoms with Gasteiger partial charge in [0.2, 0.25) is 5.91 Å². The third kappa shape index (κ3) is 5.39. The van der Waals surface area contributed by atoms with Crippen LogP contribution < -0.4 is 9.62 Å². The molecule has 0 heterocycles. The van der Waals surface area contributed by atoms with Gasteiger partial charge in [-0.25, -0.2) is 8.42 Å². The lowest BCUT2D eigenvalue weighted by Crippen LogP contribution is -2.38. The molecule has 0 unspecified atom stereocenters. The first-order chi connectivity index (χ1) is 14.7. The molecular formula is C21H18IN3O5S. The van der Waals surface area contributed by atoms with Crippen LogP contribution in [0.4, 0.5) is 17.1 Å². The average molecular weight is 551 g/mol. The van der Waals surface area contributed by atoms with E-state index in [2.05, 4.69) is 27.9 Å². The van der Waals surface area contributed by atoms with Gasteiger partial charge in [-0.2, -0.15) is 0 Å². The van der Waals surface area contributed by atoms with Crippen molar-refractivity contribution in [2.24, 2.45) is 0 Å². The molecule has 3 aromatic carbocycles. The summed E-state index contributed by atoms with van der Waals surface area (Å²) >= 11 is 2.10. The summed E-state index contributed by atoms with van der Waals surface area (Å²) in [7, 11) is -4.02. The van der Waals surface area contributed by atoms with Crippen LogP contribution in [0.15, 0.2) is 77.7 Å². The number of sulfonamides is 1. The van der Waals surface area contributed by atoms with Crippen LogP contribution in [-0.4, -0.2) is 25.8 Å². The van der Waals surface area contributed by atoms with Gasteiger partial charge in [-0.05, 0) is 71.5 Å². The van der Waals surface area contributed by atoms with E-state index >= 15 is 0 Å². The number of amides is 1. The van der Waals surface area contributed by atoms with E-state index in [1.807, 2.05) is 0 Å². The SMILES string of the molecule is Cc1ccc([N+](=O)[O-])cc1NC(=O)CN(c1ccc(I)cc1)S(=O)(=O)c1ccccc1. The molecule has 0 fully saturated rings. The molecule has 3 aromatic rings. The van der Waals surface area contributed by atoms with Gasteiger partial charge >= 0.3 is 0 Å². The van der Waals surface area contributed by atoms with Gasteiger partial charge in [0.05, 0.1) is 21.2 Å². The highest BCUT2D eigenvalue weighted by Gasteiger charge is 2.27. The molecule has 3 rings (SSSR count). The Balaban J connectivity index is 1.94. The fourth-order valence-corrected chi connectivity index (χ4v) is 4.62. The van der Waals surface area contributed by atoms with Crippen LogP contribution in [0, 0.1) is 20.6 Å². The van der Waals surface area contributed by atoms with Gasteiger partial charge in [0.25, 0.3) is 15.7 Å². The molecule has 160 valence electrons. The number of nitrogens with zero attached hydrogens (tertiary/aromatic N) is 2. The molecule has 0 aromatic heterocycles. The quantitative estimate of drug-likeness (QED) is 0.267. The number of non-ortho nitro benzene ring substituents is 1. The van der Waals surface area contributed by atoms with E-state index in [0.29, 0.717) is 11.3 Å². The molecule has 8 nitrogen and oxygen atoms in total. The Kier molecular flexibility index (Phi) is 6.91. The van der Waals surface area contributed by atoms with E-state index in [4.69, 9.17) is 0 Å². The number of halogens is 1. The molecule has 1 N–H and O–H groups in total. The number of hydrogen-bond donors (Lipinski definition) is 1. The Labute approximate surface area is 193 Å². The summed E-state index contributed by atoms with van der Waals surface area (Å²) in [6.07, 6.45) is 0. The monoisotopic (exact) mass is 551 g/mol. The van der Waals surface area contributed by atoms with Crippen LogP contribution in [0.5, 0.6) is 0 Å². The Morgan fingerprint density at radius 3 is 2.32 bits per heavy atom. The van der Waals surface area contributed by atoms with Crippen LogP contribution in [0.2, 0.25) is 0 Å². The first-order valence-electron chi connectivity index (χ1n) is 9.07. The summed E-state index contributed by atoms with van der Waals surface area (Å²) in [4.78, 5) is 23.3. The first kappa shape index (κ1) is 22.7. The second-order valence-corrected chi connectivity index (χ2v) is 9.71. The minimum Gasteiger partial charge on any atom is -0.324 e. The Morgan fingerprint density at radius 1 is 1.06 bits per heavy atom. The van der Waals surface area contributed by atoms with Crippen molar-refractivity contribution in [1.29, 1.82) is 0 Å². The summed E-state index contributed by atoms with van der Waals surface area (Å²) in [5, 5.41) is 13.6. The lowest BCUT2D eigenvalue weighted by molar-refractivity contribution is -0.384. The third-order valence-corrected chi connectivity index (χ3v) is 6.95. The standard InChI is InChI=1S/C21H18IN3O5S/c1-15-7-10-18(25(27)28)13-20(15)23-21(26)14-24(17-11-8-16(22)9-12-17)31(29,30)19-5-3-2-4-6-19/h2-13H,14H2,1H3,(H,23,26). The van der Waals surface area contributed by atoms with Crippen molar-refractivity contribution in [3.8, 4) is 0 Å². The number of nitrogens with one attached hydrogen (secondary N) is 1. The van der Waals surface area contributed by atoms with Gasteiger partial charge in [0.1, 0.15) is 6.54 Å². The van der Waals surface area contributed by atoms with E-state index in [1.165, 1.54) is 30.3 Å². The first-order valence-corrected chi connectivity index (χ1v) is 11.6. The van der Waals surface area contributed by atoms with Crippen molar-refractivity contribution < 1.29 is 18.1 Å². The summed E-state index contributed by atoms with van der Waals surface area (Å²) in [5.41, 5.74) is 1.02. The second kappa shape index (κ2) is 9.43. The van der Waals surface area contributed by atoms with Crippen LogP contribution in [0.3, 0.4) is 0 Å². The number of aryl methyl sites for hydroxylation is 1. The van der Waals surface area contributed by atoms with Gasteiger partial charge in [0, 0.05) is 15.7 Å². The van der Waals surface area contributed by atoms with E-state index < -0.39 is 27.4 Å². The smallest absolute Gasteiger partial charge is 0.271 e. The number of carbonyl (C=O) groups excluding carboxylic acids is 1. The zero-order chi connectivity index (χ0) is 22.6. The highest BCUT2D eigenvalue weighted by Crippen LogP contribution is 2.26. The van der Waals surface area contributed by atoms with Crippen molar-refractivity contribution in [1.82, 2.24) is 0 Å². The maximum absolute atomic E-state index is 13.3. The summed E-state index contributed by atoms with van der Waals surface area (Å²) in [6.45, 7) is 1.19. The molecule has 0 aliphatic carbocycles. The zero-order valence-corrected chi connectivity index (χ0v) is 19.3. The summed E-state index contributed by atoms with van der Waals surface area (Å²) < 4.78 is 28.5. The number of nitro benzene ring substituents is 1. The van der Waals surface area contributed by atoms with Crippen molar-refractivity contribution in [2.45, 2.75) is 11.8 Å². The van der Waals surface area contributed by atoms with Gasteiger partial charge in [-0.15, -0.1) is 0 Å². The topological polar surface area (TPSA) is 110 Å². The fraction of sp³-hybridized carbons (Fsp3) is 0.0952. The lowest BCUT2D eigenvalue weighted by Gasteiger charge is -2.24. The Hall–Kier alpha value is -2.99. The molecule has 31 heavy (non-hydrogen) atoms. The van der Waals surface area contributed by atoms with Gasteiger partial charge < -0.3 is 5.32 Å². The number of nitro groups is 1. The van der Waals surface area contributed by atoms with Crippen molar-refractivity contribution in [3.63, 3.8) is 0 Å². The van der Waals surface area contributed by atoms with Crippen molar-refractivity contribution in [3.05, 3.63) is 92.0 Å². The molecular weight excluding hydrogens is 533 g/mol. The van der Waals surface area contributed by atoms with E-state index in [0.717, 1.165) is 7.88 Å². The second-order valence-electron chi connectivity index (χ2n) is 6.61. The van der Waals surface area contributed by atoms with Crippen LogP contribution in [0.25, 0.3) is 0 Å². The predicted octanol–water partition coefficient (Wildman–Crippen LogP) is 4.34. The largest absolute Gasteiger partial charge is 0.324 e. The predicted molar refractivity (Wildman–Crippen MR) is 127 cm³/mol. The normalized spacial score (nSPS) is 11.0. The molecule has 0 bridgehead atoms. The number of anilines is 2. The molecule has 0 saturated carbocycles. The average Bonchev–Trinajstić information content (AvgIpc) is 2.74. The highest BCUT2D eigenvalue weighted by atomic mass is 127. The van der Waals surface area contributed by atoms with Gasteiger partial charge in [-0.1, -0.05) is 24.3 Å². The van der Waals surface area contributed by atoms with Crippen LogP contribution in [0.1, 0.15) is 5.56 Å². The molecule has 0 spiro atoms. The minimum absolute atomic E-state index is 0.0490. The van der Waals surface area contributed by atoms with E-state index in [-0.39, 0.29) is 16.3 Å². The van der Waals surface area contributed by atoms with Crippen LogP contribution >= 0.6 is 22.6 Å². The highest BCUT2D eigenvalue weighted by molar-refractivity contribution is 14.1. The fourth-order valence-electron chi connectivity index (χ4n) is 2.82. The third-order valence-electron chi connectivity index (χ3n) is 4.44. The van der Waals surface area contributed by atoms with Gasteiger partial charge in [0.15, 0.2) is 0 Å². The molecule has 0 aliphatic heterocycles. The number of rotatable bonds is 7. The molecule has 1 amide bonds. The van der Waals surface area contributed by atoms with Crippen molar-refractivity contribution in [2.75, 3.05) is 16.2 Å². The number of carbonyl (C=O) groups is 1. The minimum atomic E-state index is -4.02. The summed E-state index contributed by atoms with van der Waals surface area (Å²) in [6, 6.07) is 18.6. The zero-order valence-electron chi connectivity index (χ0n) is 16.4. The maximum Gasteiger partial charge on any atom is 0.271 e. The molecule has 10 heteroatoms. The van der Waals surface area contributed by atoms with E-state index in [1.54, 1.807) is 49.4 Å². The number of hydrogen-bond acceptors (Lipinski definition) is 5. The molecule has 0 aliphatic rings. The van der Waals surface area contributed by atoms with Gasteiger partial charge in [-0.3, -0.25) is 19.2 Å². The maximum atomic E-state index is 13.3. The van der Waals surface area contributed by atoms with Crippen molar-refractivity contribution >= 4 is 55.6 Å².